The van der Waals surface area contributed by atoms with Crippen molar-refractivity contribution in [3.63, 3.8) is 0 Å². The first kappa shape index (κ1) is 30.3. The van der Waals surface area contributed by atoms with Gasteiger partial charge in [0, 0.05) is 25.8 Å². The second-order valence-electron chi connectivity index (χ2n) is 11.5. The summed E-state index contributed by atoms with van der Waals surface area (Å²) in [6.07, 6.45) is -1.33. The SMILES string of the molecule is CN1CN(c2ccc(C(=O)O)cc2)C2(CCN(C(=O)C(NC(=O)c3cc(C(F)(F)F)ccc3F)C3CCCC3)CC2)C1=O. The van der Waals surface area contributed by atoms with Crippen LogP contribution in [-0.4, -0.2) is 77.0 Å². The molecule has 3 fully saturated rings. The third kappa shape index (κ3) is 5.76. The number of anilines is 1. The first-order valence-corrected chi connectivity index (χ1v) is 14.1. The van der Waals surface area contributed by atoms with Crippen LogP contribution in [0.3, 0.4) is 0 Å². The van der Waals surface area contributed by atoms with Crippen molar-refractivity contribution in [1.29, 1.82) is 0 Å². The van der Waals surface area contributed by atoms with Gasteiger partial charge in [-0.1, -0.05) is 12.8 Å². The smallest absolute Gasteiger partial charge is 0.416 e. The number of carboxylic acid groups (broad SMARTS) is 1. The van der Waals surface area contributed by atoms with Crippen LogP contribution < -0.4 is 10.2 Å². The Morgan fingerprint density at radius 3 is 2.23 bits per heavy atom. The van der Waals surface area contributed by atoms with Gasteiger partial charge in [-0.15, -0.1) is 0 Å². The number of halogens is 4. The average Bonchev–Trinajstić information content (AvgIpc) is 3.59. The number of carboxylic acids is 1. The number of likely N-dealkylation sites (N-methyl/N-ethyl adjacent to an activating group) is 1. The van der Waals surface area contributed by atoms with Crippen molar-refractivity contribution < 1.29 is 41.8 Å². The molecule has 5 rings (SSSR count). The number of carbonyl (C=O) groups is 4. The molecule has 1 aliphatic carbocycles. The van der Waals surface area contributed by atoms with Crippen LogP contribution >= 0.6 is 0 Å². The largest absolute Gasteiger partial charge is 0.478 e. The molecule has 2 heterocycles. The van der Waals surface area contributed by atoms with Crippen LogP contribution in [0.1, 0.15) is 64.8 Å². The molecule has 13 heteroatoms. The number of amides is 3. The Bertz CT molecular complexity index is 1420. The van der Waals surface area contributed by atoms with Crippen LogP contribution in [0.4, 0.5) is 23.2 Å². The minimum Gasteiger partial charge on any atom is -0.478 e. The molecule has 43 heavy (non-hydrogen) atoms. The third-order valence-corrected chi connectivity index (χ3v) is 8.91. The van der Waals surface area contributed by atoms with Crippen LogP contribution in [0.5, 0.6) is 0 Å². The highest BCUT2D eigenvalue weighted by atomic mass is 19.4. The van der Waals surface area contributed by atoms with Crippen molar-refractivity contribution in [2.75, 3.05) is 31.7 Å². The molecule has 1 unspecified atom stereocenters. The Morgan fingerprint density at radius 2 is 1.65 bits per heavy atom. The predicted molar refractivity (Wildman–Crippen MR) is 147 cm³/mol. The van der Waals surface area contributed by atoms with E-state index in [1.807, 2.05) is 4.90 Å². The zero-order valence-electron chi connectivity index (χ0n) is 23.5. The molecule has 1 saturated carbocycles. The van der Waals surface area contributed by atoms with Gasteiger partial charge in [0.15, 0.2) is 0 Å². The van der Waals surface area contributed by atoms with E-state index in [2.05, 4.69) is 5.32 Å². The lowest BCUT2D eigenvalue weighted by Gasteiger charge is -2.44. The topological polar surface area (TPSA) is 110 Å². The Hall–Kier alpha value is -4.16. The lowest BCUT2D eigenvalue weighted by Crippen LogP contribution is -2.60. The second-order valence-corrected chi connectivity index (χ2v) is 11.5. The van der Waals surface area contributed by atoms with E-state index in [9.17, 15) is 41.8 Å². The maximum absolute atomic E-state index is 14.5. The number of rotatable bonds is 6. The van der Waals surface area contributed by atoms with E-state index < -0.39 is 52.5 Å². The molecule has 1 atom stereocenters. The Balaban J connectivity index is 1.34. The molecule has 3 amide bonds. The van der Waals surface area contributed by atoms with Crippen molar-refractivity contribution in [3.8, 4) is 0 Å². The first-order chi connectivity index (χ1) is 20.3. The van der Waals surface area contributed by atoms with Crippen LogP contribution in [-0.2, 0) is 15.8 Å². The molecule has 9 nitrogen and oxygen atoms in total. The van der Waals surface area contributed by atoms with Crippen molar-refractivity contribution in [3.05, 3.63) is 65.0 Å². The molecule has 0 radical (unpaired) electrons. The Morgan fingerprint density at radius 1 is 1.02 bits per heavy atom. The number of nitrogens with one attached hydrogen (secondary N) is 1. The molecule has 2 saturated heterocycles. The van der Waals surface area contributed by atoms with E-state index in [1.165, 1.54) is 12.1 Å². The molecule has 2 aliphatic heterocycles. The summed E-state index contributed by atoms with van der Waals surface area (Å²) in [6, 6.07) is 6.77. The molecular formula is C30H32F4N4O5. The van der Waals surface area contributed by atoms with Gasteiger partial charge in [0.2, 0.25) is 11.8 Å². The van der Waals surface area contributed by atoms with Crippen LogP contribution in [0, 0.1) is 11.7 Å². The fourth-order valence-electron chi connectivity index (χ4n) is 6.54. The second kappa shape index (κ2) is 11.5. The lowest BCUT2D eigenvalue weighted by molar-refractivity contribution is -0.140. The van der Waals surface area contributed by atoms with E-state index in [-0.39, 0.29) is 50.0 Å². The summed E-state index contributed by atoms with van der Waals surface area (Å²) < 4.78 is 54.2. The van der Waals surface area contributed by atoms with Crippen LogP contribution in [0.2, 0.25) is 0 Å². The van der Waals surface area contributed by atoms with Gasteiger partial charge in [-0.05, 0) is 74.1 Å². The van der Waals surface area contributed by atoms with E-state index >= 15 is 0 Å². The monoisotopic (exact) mass is 604 g/mol. The van der Waals surface area contributed by atoms with Crippen LogP contribution in [0.15, 0.2) is 42.5 Å². The Labute approximate surface area is 245 Å². The highest BCUT2D eigenvalue weighted by molar-refractivity contribution is 5.98. The summed E-state index contributed by atoms with van der Waals surface area (Å²) in [5.74, 6) is -4.08. The Kier molecular flexibility index (Phi) is 8.10. The molecule has 3 aliphatic rings. The first-order valence-electron chi connectivity index (χ1n) is 14.1. The molecule has 2 aromatic rings. The van der Waals surface area contributed by atoms with Gasteiger partial charge in [0.05, 0.1) is 23.4 Å². The van der Waals surface area contributed by atoms with Gasteiger partial charge < -0.3 is 25.1 Å². The number of nitrogens with zero attached hydrogens (tertiary/aromatic N) is 3. The minimum absolute atomic E-state index is 0.113. The molecule has 2 aromatic carbocycles. The molecule has 0 bridgehead atoms. The van der Waals surface area contributed by atoms with Gasteiger partial charge in [-0.25, -0.2) is 9.18 Å². The fraction of sp³-hybridized carbons (Fsp3) is 0.467. The fourth-order valence-corrected chi connectivity index (χ4v) is 6.54. The molecular weight excluding hydrogens is 572 g/mol. The van der Waals surface area contributed by atoms with Crippen molar-refractivity contribution in [2.24, 2.45) is 5.92 Å². The molecule has 2 N–H and O–H groups in total. The standard InChI is InChI=1S/C30H32F4N4O5/c1-36-17-38(21-9-6-19(7-10-21)27(41)42)29(28(36)43)12-14-37(15-13-29)26(40)24(18-4-2-3-5-18)35-25(39)22-16-20(30(32,33)34)8-11-23(22)31/h6-11,16,18,24H,2-5,12-15,17H2,1H3,(H,35,39)(H,41,42). The van der Waals surface area contributed by atoms with Crippen molar-refractivity contribution in [2.45, 2.75) is 56.3 Å². The lowest BCUT2D eigenvalue weighted by atomic mass is 9.84. The minimum atomic E-state index is -4.77. The maximum Gasteiger partial charge on any atom is 0.416 e. The maximum atomic E-state index is 14.5. The summed E-state index contributed by atoms with van der Waals surface area (Å²) in [5, 5.41) is 11.8. The van der Waals surface area contributed by atoms with Gasteiger partial charge in [0.1, 0.15) is 17.4 Å². The number of alkyl halides is 3. The summed E-state index contributed by atoms with van der Waals surface area (Å²) in [7, 11) is 1.67. The number of piperidine rings is 1. The van der Waals surface area contributed by atoms with E-state index in [1.54, 1.807) is 29.0 Å². The summed E-state index contributed by atoms with van der Waals surface area (Å²) in [4.78, 5) is 56.6. The number of carbonyl (C=O) groups excluding carboxylic acids is 3. The molecule has 1 spiro atoms. The predicted octanol–water partition coefficient (Wildman–Crippen LogP) is 4.13. The zero-order chi connectivity index (χ0) is 31.1. The molecule has 0 aromatic heterocycles. The van der Waals surface area contributed by atoms with Crippen LogP contribution in [0.25, 0.3) is 0 Å². The number of benzene rings is 2. The highest BCUT2D eigenvalue weighted by Crippen LogP contribution is 2.40. The summed E-state index contributed by atoms with van der Waals surface area (Å²) >= 11 is 0. The van der Waals surface area contributed by atoms with Gasteiger partial charge >= 0.3 is 12.1 Å². The van der Waals surface area contributed by atoms with Gasteiger partial charge in [-0.2, -0.15) is 13.2 Å². The molecule has 230 valence electrons. The average molecular weight is 605 g/mol. The normalized spacial score (nSPS) is 19.7. The summed E-state index contributed by atoms with van der Waals surface area (Å²) in [6.45, 7) is 0.640. The number of aromatic carboxylic acids is 1. The quantitative estimate of drug-likeness (QED) is 0.480. The zero-order valence-corrected chi connectivity index (χ0v) is 23.5. The number of hydrogen-bond acceptors (Lipinski definition) is 5. The van der Waals surface area contributed by atoms with Gasteiger partial charge in [-0.3, -0.25) is 14.4 Å². The van der Waals surface area contributed by atoms with E-state index in [4.69, 9.17) is 0 Å². The number of hydrogen-bond donors (Lipinski definition) is 2. The number of likely N-dealkylation sites (tertiary alicyclic amines) is 1. The third-order valence-electron chi connectivity index (χ3n) is 8.91. The van der Waals surface area contributed by atoms with E-state index in [0.29, 0.717) is 36.7 Å². The van der Waals surface area contributed by atoms with E-state index in [0.717, 1.165) is 12.8 Å². The summed E-state index contributed by atoms with van der Waals surface area (Å²) in [5.41, 5.74) is -2.13. The van der Waals surface area contributed by atoms with Crippen molar-refractivity contribution >= 4 is 29.4 Å². The van der Waals surface area contributed by atoms with Gasteiger partial charge in [0.25, 0.3) is 5.91 Å². The van der Waals surface area contributed by atoms with Crippen molar-refractivity contribution in [1.82, 2.24) is 15.1 Å². The highest BCUT2D eigenvalue weighted by Gasteiger charge is 2.53.